The Morgan fingerprint density at radius 2 is 1.74 bits per heavy atom. The predicted octanol–water partition coefficient (Wildman–Crippen LogP) is 3.79. The van der Waals surface area contributed by atoms with Crippen molar-refractivity contribution < 1.29 is 4.79 Å². The van der Waals surface area contributed by atoms with Crippen LogP contribution in [0.2, 0.25) is 5.02 Å². The summed E-state index contributed by atoms with van der Waals surface area (Å²) in [5.41, 5.74) is 3.79. The van der Waals surface area contributed by atoms with Crippen molar-refractivity contribution in [2.75, 3.05) is 5.32 Å². The summed E-state index contributed by atoms with van der Waals surface area (Å²) in [5.74, 6) is -0.172. The van der Waals surface area contributed by atoms with Crippen LogP contribution in [-0.4, -0.2) is 20.7 Å². The van der Waals surface area contributed by atoms with Gasteiger partial charge in [-0.1, -0.05) is 11.6 Å². The third kappa shape index (κ3) is 3.10. The van der Waals surface area contributed by atoms with Crippen molar-refractivity contribution in [3.63, 3.8) is 0 Å². The second-order valence-electron chi connectivity index (χ2n) is 5.13. The predicted molar refractivity (Wildman–Crippen MR) is 90.2 cm³/mol. The lowest BCUT2D eigenvalue weighted by Gasteiger charge is -2.07. The van der Waals surface area contributed by atoms with E-state index in [-0.39, 0.29) is 5.91 Å². The number of amides is 1. The summed E-state index contributed by atoms with van der Waals surface area (Å²) in [6.45, 7) is 3.77. The Balaban J connectivity index is 1.82. The number of carbonyl (C=O) groups excluding carboxylic acids is 1. The molecule has 2 aromatic heterocycles. The first-order valence-electron chi connectivity index (χ1n) is 7.10. The molecular formula is C17H15ClN4O. The molecule has 116 valence electrons. The molecule has 0 unspecified atom stereocenters. The van der Waals surface area contributed by atoms with Gasteiger partial charge in [-0.3, -0.25) is 9.78 Å². The first-order chi connectivity index (χ1) is 11.1. The Labute approximate surface area is 138 Å². The van der Waals surface area contributed by atoms with E-state index < -0.39 is 0 Å². The van der Waals surface area contributed by atoms with Crippen molar-refractivity contribution in [2.24, 2.45) is 0 Å². The summed E-state index contributed by atoms with van der Waals surface area (Å²) in [6.07, 6.45) is 3.26. The van der Waals surface area contributed by atoms with Crippen LogP contribution in [0, 0.1) is 13.8 Å². The van der Waals surface area contributed by atoms with Crippen LogP contribution in [0.15, 0.2) is 48.8 Å². The third-order valence-electron chi connectivity index (χ3n) is 3.52. The highest BCUT2D eigenvalue weighted by molar-refractivity contribution is 6.31. The monoisotopic (exact) mass is 326 g/mol. The van der Waals surface area contributed by atoms with Gasteiger partial charge in [0.1, 0.15) is 0 Å². The highest BCUT2D eigenvalue weighted by atomic mass is 35.5. The SMILES string of the molecule is Cc1nn(-c2ccc(C(=O)Nc3ccncc3)cc2)c(C)c1Cl. The number of nitrogens with zero attached hydrogens (tertiary/aromatic N) is 3. The number of aromatic nitrogens is 3. The number of carbonyl (C=O) groups is 1. The molecule has 0 aliphatic carbocycles. The first kappa shape index (κ1) is 15.2. The van der Waals surface area contributed by atoms with E-state index in [4.69, 9.17) is 11.6 Å². The number of aryl methyl sites for hydroxylation is 1. The van der Waals surface area contributed by atoms with Gasteiger partial charge in [0, 0.05) is 23.6 Å². The van der Waals surface area contributed by atoms with E-state index >= 15 is 0 Å². The lowest BCUT2D eigenvalue weighted by atomic mass is 10.2. The Hall–Kier alpha value is -2.66. The molecule has 23 heavy (non-hydrogen) atoms. The summed E-state index contributed by atoms with van der Waals surface area (Å²) in [7, 11) is 0. The van der Waals surface area contributed by atoms with Gasteiger partial charge in [-0.2, -0.15) is 5.10 Å². The van der Waals surface area contributed by atoms with Crippen LogP contribution in [-0.2, 0) is 0 Å². The molecule has 6 heteroatoms. The first-order valence-corrected chi connectivity index (χ1v) is 7.47. The molecule has 0 radical (unpaired) electrons. The third-order valence-corrected chi connectivity index (χ3v) is 4.06. The second-order valence-corrected chi connectivity index (χ2v) is 5.51. The maximum atomic E-state index is 12.2. The summed E-state index contributed by atoms with van der Waals surface area (Å²) in [5, 5.41) is 7.88. The number of nitrogens with one attached hydrogen (secondary N) is 1. The molecule has 1 aromatic carbocycles. The molecular weight excluding hydrogens is 312 g/mol. The van der Waals surface area contributed by atoms with E-state index in [2.05, 4.69) is 15.4 Å². The van der Waals surface area contributed by atoms with Gasteiger partial charge in [0.2, 0.25) is 0 Å². The Kier molecular flexibility index (Phi) is 4.12. The quantitative estimate of drug-likeness (QED) is 0.796. The fourth-order valence-corrected chi connectivity index (χ4v) is 2.39. The van der Waals surface area contributed by atoms with Gasteiger partial charge in [-0.25, -0.2) is 4.68 Å². The molecule has 0 spiro atoms. The Bertz CT molecular complexity index is 841. The summed E-state index contributed by atoms with van der Waals surface area (Å²) >= 11 is 6.17. The van der Waals surface area contributed by atoms with Gasteiger partial charge >= 0.3 is 0 Å². The normalized spacial score (nSPS) is 10.6. The van der Waals surface area contributed by atoms with Crippen molar-refractivity contribution in [3.8, 4) is 5.69 Å². The lowest BCUT2D eigenvalue weighted by molar-refractivity contribution is 0.102. The highest BCUT2D eigenvalue weighted by Crippen LogP contribution is 2.22. The molecule has 1 amide bonds. The zero-order chi connectivity index (χ0) is 16.4. The van der Waals surface area contributed by atoms with Crippen LogP contribution >= 0.6 is 11.6 Å². The smallest absolute Gasteiger partial charge is 0.255 e. The molecule has 0 atom stereocenters. The maximum absolute atomic E-state index is 12.2. The van der Waals surface area contributed by atoms with Gasteiger partial charge in [-0.05, 0) is 50.2 Å². The molecule has 3 rings (SSSR count). The standard InChI is InChI=1S/C17H15ClN4O/c1-11-16(18)12(2)22(21-11)15-5-3-13(4-6-15)17(23)20-14-7-9-19-10-8-14/h3-10H,1-2H3,(H,19,20,23). The minimum atomic E-state index is -0.172. The van der Waals surface area contributed by atoms with Gasteiger partial charge in [-0.15, -0.1) is 0 Å². The molecule has 0 aliphatic rings. The number of hydrogen-bond donors (Lipinski definition) is 1. The van der Waals surface area contributed by atoms with E-state index in [9.17, 15) is 4.79 Å². The van der Waals surface area contributed by atoms with Crippen molar-refractivity contribution in [1.29, 1.82) is 0 Å². The Morgan fingerprint density at radius 3 is 2.30 bits per heavy atom. The van der Waals surface area contributed by atoms with Crippen molar-refractivity contribution >= 4 is 23.2 Å². The minimum Gasteiger partial charge on any atom is -0.322 e. The van der Waals surface area contributed by atoms with Gasteiger partial charge in [0.15, 0.2) is 0 Å². The summed E-state index contributed by atoms with van der Waals surface area (Å²) in [6, 6.07) is 10.7. The molecule has 0 bridgehead atoms. The van der Waals surface area contributed by atoms with Crippen molar-refractivity contribution in [2.45, 2.75) is 13.8 Å². The average molecular weight is 327 g/mol. The zero-order valence-electron chi connectivity index (χ0n) is 12.7. The van der Waals surface area contributed by atoms with Crippen molar-refractivity contribution in [1.82, 2.24) is 14.8 Å². The lowest BCUT2D eigenvalue weighted by Crippen LogP contribution is -2.12. The average Bonchev–Trinajstić information content (AvgIpc) is 2.83. The second kappa shape index (κ2) is 6.22. The van der Waals surface area contributed by atoms with Gasteiger partial charge in [0.05, 0.1) is 22.1 Å². The minimum absolute atomic E-state index is 0.172. The molecule has 0 aliphatic heterocycles. The number of benzene rings is 1. The van der Waals surface area contributed by atoms with Gasteiger partial charge in [0.25, 0.3) is 5.91 Å². The van der Waals surface area contributed by atoms with E-state index in [1.807, 2.05) is 26.0 Å². The summed E-state index contributed by atoms with van der Waals surface area (Å²) < 4.78 is 1.77. The number of hydrogen-bond acceptors (Lipinski definition) is 3. The molecule has 0 saturated heterocycles. The Morgan fingerprint density at radius 1 is 1.09 bits per heavy atom. The number of halogens is 1. The topological polar surface area (TPSA) is 59.8 Å². The molecule has 1 N–H and O–H groups in total. The van der Waals surface area contributed by atoms with Crippen LogP contribution < -0.4 is 5.32 Å². The van der Waals surface area contributed by atoms with E-state index in [1.165, 1.54) is 0 Å². The fraction of sp³-hybridized carbons (Fsp3) is 0.118. The number of anilines is 1. The molecule has 3 aromatic rings. The molecule has 5 nitrogen and oxygen atoms in total. The van der Waals surface area contributed by atoms with Gasteiger partial charge < -0.3 is 5.32 Å². The van der Waals surface area contributed by atoms with E-state index in [0.29, 0.717) is 16.3 Å². The number of pyridine rings is 1. The van der Waals surface area contributed by atoms with Crippen LogP contribution in [0.3, 0.4) is 0 Å². The maximum Gasteiger partial charge on any atom is 0.255 e. The van der Waals surface area contributed by atoms with Crippen LogP contribution in [0.25, 0.3) is 5.69 Å². The molecule has 0 fully saturated rings. The highest BCUT2D eigenvalue weighted by Gasteiger charge is 2.11. The van der Waals surface area contributed by atoms with Crippen LogP contribution in [0.1, 0.15) is 21.7 Å². The molecule has 0 saturated carbocycles. The largest absolute Gasteiger partial charge is 0.322 e. The van der Waals surface area contributed by atoms with Crippen LogP contribution in [0.5, 0.6) is 0 Å². The van der Waals surface area contributed by atoms with E-state index in [1.54, 1.807) is 41.3 Å². The number of rotatable bonds is 3. The zero-order valence-corrected chi connectivity index (χ0v) is 13.5. The van der Waals surface area contributed by atoms with Crippen molar-refractivity contribution in [3.05, 3.63) is 70.8 Å². The molecule has 2 heterocycles. The van der Waals surface area contributed by atoms with E-state index in [0.717, 1.165) is 17.1 Å². The summed E-state index contributed by atoms with van der Waals surface area (Å²) in [4.78, 5) is 16.1. The fourth-order valence-electron chi connectivity index (χ4n) is 2.27. The van der Waals surface area contributed by atoms with Crippen LogP contribution in [0.4, 0.5) is 5.69 Å².